The smallest absolute Gasteiger partial charge is 0.161 e. The number of benzene rings is 2. The molecule has 0 bridgehead atoms. The van der Waals surface area contributed by atoms with E-state index in [0.717, 1.165) is 17.0 Å². The summed E-state index contributed by atoms with van der Waals surface area (Å²) >= 11 is 0. The van der Waals surface area contributed by atoms with E-state index in [2.05, 4.69) is 9.98 Å². The summed E-state index contributed by atoms with van der Waals surface area (Å²) in [5, 5.41) is 0. The molecule has 0 spiro atoms. The molecule has 0 saturated carbocycles. The zero-order chi connectivity index (χ0) is 15.1. The van der Waals surface area contributed by atoms with Crippen molar-refractivity contribution < 1.29 is 4.74 Å². The molecule has 0 radical (unpaired) electrons. The third-order valence-electron chi connectivity index (χ3n) is 2.75. The van der Waals surface area contributed by atoms with Gasteiger partial charge in [-0.3, -0.25) is 0 Å². The van der Waals surface area contributed by atoms with Gasteiger partial charge in [0.25, 0.3) is 0 Å². The van der Waals surface area contributed by atoms with Crippen molar-refractivity contribution >= 4 is 17.9 Å². The van der Waals surface area contributed by atoms with Crippen LogP contribution < -0.4 is 4.74 Å². The number of aliphatic imine (C=N–C) groups is 2. The zero-order valence-corrected chi connectivity index (χ0v) is 12.5. The topological polar surface area (TPSA) is 37.2 Å². The van der Waals surface area contributed by atoms with Gasteiger partial charge in [0.2, 0.25) is 0 Å². The lowest BCUT2D eigenvalue weighted by Gasteiger charge is -2.06. The Morgan fingerprint density at radius 3 is 2.24 bits per heavy atom. The molecule has 0 aliphatic heterocycles. The molecule has 0 fully saturated rings. The average Bonchev–Trinajstić information content (AvgIpc) is 2.52. The minimum Gasteiger partial charge on any atom is -0.497 e. The molecule has 4 heteroatoms. The Kier molecular flexibility index (Phi) is 5.10. The Labute approximate surface area is 125 Å². The molecule has 0 heterocycles. The van der Waals surface area contributed by atoms with E-state index >= 15 is 0 Å². The van der Waals surface area contributed by atoms with Gasteiger partial charge in [-0.25, -0.2) is 9.98 Å². The average molecular weight is 281 g/mol. The molecular weight excluding hydrogens is 262 g/mol. The second-order valence-electron chi connectivity index (χ2n) is 4.71. The van der Waals surface area contributed by atoms with Gasteiger partial charge in [0.05, 0.1) is 19.1 Å². The summed E-state index contributed by atoms with van der Waals surface area (Å²) in [7, 11) is 5.51. The monoisotopic (exact) mass is 281 g/mol. The first-order chi connectivity index (χ1) is 10.2. The van der Waals surface area contributed by atoms with E-state index in [-0.39, 0.29) is 0 Å². The summed E-state index contributed by atoms with van der Waals surface area (Å²) in [6, 6.07) is 17.5. The van der Waals surface area contributed by atoms with Gasteiger partial charge in [-0.05, 0) is 24.3 Å². The maximum Gasteiger partial charge on any atom is 0.161 e. The Morgan fingerprint density at radius 1 is 1.00 bits per heavy atom. The van der Waals surface area contributed by atoms with Crippen LogP contribution >= 0.6 is 0 Å². The third kappa shape index (κ3) is 4.45. The molecule has 0 saturated heterocycles. The van der Waals surface area contributed by atoms with Crippen molar-refractivity contribution in [3.8, 4) is 5.75 Å². The fourth-order valence-corrected chi connectivity index (χ4v) is 1.70. The third-order valence-corrected chi connectivity index (χ3v) is 2.75. The van der Waals surface area contributed by atoms with Crippen LogP contribution in [0.15, 0.2) is 64.6 Å². The van der Waals surface area contributed by atoms with Gasteiger partial charge in [-0.15, -0.1) is 0 Å². The van der Waals surface area contributed by atoms with Crippen molar-refractivity contribution in [2.45, 2.75) is 0 Å². The van der Waals surface area contributed by atoms with E-state index in [4.69, 9.17) is 4.74 Å². The maximum atomic E-state index is 5.15. The standard InChI is InChI=1S/C17H19N3O/c1-20(2)13-18-17(14-7-5-4-6-8-14)19-15-9-11-16(21-3)12-10-15/h4-13H,1-3H3. The number of hydrogen-bond donors (Lipinski definition) is 0. The van der Waals surface area contributed by atoms with Crippen LogP contribution in [-0.2, 0) is 0 Å². The van der Waals surface area contributed by atoms with Crippen molar-refractivity contribution in [3.63, 3.8) is 0 Å². The van der Waals surface area contributed by atoms with E-state index in [1.807, 2.05) is 73.6 Å². The fourth-order valence-electron chi connectivity index (χ4n) is 1.70. The van der Waals surface area contributed by atoms with E-state index in [1.54, 1.807) is 13.4 Å². The van der Waals surface area contributed by atoms with Gasteiger partial charge in [-0.1, -0.05) is 30.3 Å². The fraction of sp³-hybridized carbons (Fsp3) is 0.176. The van der Waals surface area contributed by atoms with E-state index in [1.165, 1.54) is 0 Å². The lowest BCUT2D eigenvalue weighted by Crippen LogP contribution is -2.10. The van der Waals surface area contributed by atoms with E-state index in [0.29, 0.717) is 5.84 Å². The number of rotatable bonds is 4. The highest BCUT2D eigenvalue weighted by Crippen LogP contribution is 2.19. The first kappa shape index (κ1) is 14.8. The number of methoxy groups -OCH3 is 1. The van der Waals surface area contributed by atoms with Crippen LogP contribution in [0.25, 0.3) is 0 Å². The highest BCUT2D eigenvalue weighted by Gasteiger charge is 2.01. The van der Waals surface area contributed by atoms with E-state index in [9.17, 15) is 0 Å². The molecule has 0 unspecified atom stereocenters. The van der Waals surface area contributed by atoms with Crippen LogP contribution in [0.3, 0.4) is 0 Å². The molecular formula is C17H19N3O. The van der Waals surface area contributed by atoms with E-state index < -0.39 is 0 Å². The summed E-state index contributed by atoms with van der Waals surface area (Å²) in [4.78, 5) is 10.9. The first-order valence-electron chi connectivity index (χ1n) is 6.68. The summed E-state index contributed by atoms with van der Waals surface area (Å²) in [6.07, 6.45) is 1.75. The zero-order valence-electron chi connectivity index (χ0n) is 12.5. The molecule has 0 atom stereocenters. The number of nitrogens with zero attached hydrogens (tertiary/aromatic N) is 3. The minimum absolute atomic E-state index is 0.675. The van der Waals surface area contributed by atoms with Gasteiger partial charge >= 0.3 is 0 Å². The highest BCUT2D eigenvalue weighted by atomic mass is 16.5. The predicted octanol–water partition coefficient (Wildman–Crippen LogP) is 3.36. The molecule has 0 aromatic heterocycles. The Bertz CT molecular complexity index is 616. The van der Waals surface area contributed by atoms with Crippen molar-refractivity contribution in [2.24, 2.45) is 9.98 Å². The normalized spacial score (nSPS) is 11.7. The van der Waals surface area contributed by atoms with Crippen LogP contribution in [0.4, 0.5) is 5.69 Å². The van der Waals surface area contributed by atoms with Crippen molar-refractivity contribution in [1.29, 1.82) is 0 Å². The van der Waals surface area contributed by atoms with Gasteiger partial charge in [-0.2, -0.15) is 0 Å². The molecule has 0 N–H and O–H groups in total. The highest BCUT2D eigenvalue weighted by molar-refractivity contribution is 6.04. The van der Waals surface area contributed by atoms with Crippen LogP contribution in [0.1, 0.15) is 5.56 Å². The van der Waals surface area contributed by atoms with Crippen molar-refractivity contribution in [3.05, 3.63) is 60.2 Å². The Hall–Kier alpha value is -2.62. The van der Waals surface area contributed by atoms with Crippen LogP contribution in [0.5, 0.6) is 5.75 Å². The second kappa shape index (κ2) is 7.24. The molecule has 21 heavy (non-hydrogen) atoms. The lowest BCUT2D eigenvalue weighted by molar-refractivity contribution is 0.415. The molecule has 0 aliphatic rings. The number of hydrogen-bond acceptors (Lipinski definition) is 2. The quantitative estimate of drug-likeness (QED) is 0.636. The summed E-state index contributed by atoms with van der Waals surface area (Å²) in [5.41, 5.74) is 1.82. The molecule has 2 aromatic rings. The minimum atomic E-state index is 0.675. The lowest BCUT2D eigenvalue weighted by atomic mass is 10.2. The number of amidine groups is 1. The Balaban J connectivity index is 2.36. The number of ether oxygens (including phenoxy) is 1. The van der Waals surface area contributed by atoms with Crippen molar-refractivity contribution in [1.82, 2.24) is 4.90 Å². The maximum absolute atomic E-state index is 5.15. The van der Waals surface area contributed by atoms with Crippen molar-refractivity contribution in [2.75, 3.05) is 21.2 Å². The molecule has 0 amide bonds. The van der Waals surface area contributed by atoms with Crippen LogP contribution in [0.2, 0.25) is 0 Å². The molecule has 2 aromatic carbocycles. The first-order valence-corrected chi connectivity index (χ1v) is 6.68. The molecule has 108 valence electrons. The predicted molar refractivity (Wildman–Crippen MR) is 87.8 cm³/mol. The summed E-state index contributed by atoms with van der Waals surface area (Å²) in [5.74, 6) is 1.49. The van der Waals surface area contributed by atoms with Gasteiger partial charge < -0.3 is 9.64 Å². The molecule has 2 rings (SSSR count). The SMILES string of the molecule is COc1ccc(N=C(N=CN(C)C)c2ccccc2)cc1. The van der Waals surface area contributed by atoms with Crippen LogP contribution in [0, 0.1) is 0 Å². The Morgan fingerprint density at radius 2 is 1.67 bits per heavy atom. The van der Waals surface area contributed by atoms with Crippen LogP contribution in [-0.4, -0.2) is 38.3 Å². The van der Waals surface area contributed by atoms with Gasteiger partial charge in [0.15, 0.2) is 5.84 Å². The summed E-state index contributed by atoms with van der Waals surface area (Å²) < 4.78 is 5.15. The second-order valence-corrected chi connectivity index (χ2v) is 4.71. The molecule has 0 aliphatic carbocycles. The van der Waals surface area contributed by atoms with Gasteiger partial charge in [0, 0.05) is 19.7 Å². The largest absolute Gasteiger partial charge is 0.497 e. The summed E-state index contributed by atoms with van der Waals surface area (Å²) in [6.45, 7) is 0. The van der Waals surface area contributed by atoms with Gasteiger partial charge in [0.1, 0.15) is 5.75 Å². The molecule has 4 nitrogen and oxygen atoms in total.